The molecule has 1 saturated heterocycles. The summed E-state index contributed by atoms with van der Waals surface area (Å²) in [6, 6.07) is 3.46. The van der Waals surface area contributed by atoms with E-state index in [1.807, 2.05) is 6.92 Å². The Kier molecular flexibility index (Phi) is 3.70. The Balaban J connectivity index is 1.63. The van der Waals surface area contributed by atoms with Gasteiger partial charge in [0.25, 0.3) is 0 Å². The zero-order valence-corrected chi connectivity index (χ0v) is 11.7. The molecule has 1 N–H and O–H groups in total. The number of hydrogen-bond donors (Lipinski definition) is 1. The van der Waals surface area contributed by atoms with Crippen molar-refractivity contribution in [3.8, 4) is 11.6 Å². The van der Waals surface area contributed by atoms with Crippen LogP contribution in [0.4, 0.5) is 0 Å². The molecular weight excluding hydrogens is 274 g/mol. The van der Waals surface area contributed by atoms with E-state index in [4.69, 9.17) is 4.42 Å². The second-order valence-electron chi connectivity index (χ2n) is 5.29. The van der Waals surface area contributed by atoms with Crippen LogP contribution in [0.25, 0.3) is 11.6 Å². The number of amides is 1. The smallest absolute Gasteiger partial charge is 0.246 e. The number of hydrogen-bond acceptors (Lipinski definition) is 6. The SMILES string of the molecule is CC1CCN(C(=O)Cn2nnc(-c3ccco3)n2)CC1O. The van der Waals surface area contributed by atoms with Gasteiger partial charge in [0.1, 0.15) is 6.54 Å². The highest BCUT2D eigenvalue weighted by Gasteiger charge is 2.27. The highest BCUT2D eigenvalue weighted by molar-refractivity contribution is 5.76. The van der Waals surface area contributed by atoms with E-state index >= 15 is 0 Å². The lowest BCUT2D eigenvalue weighted by Gasteiger charge is -2.34. The lowest BCUT2D eigenvalue weighted by atomic mass is 9.96. The van der Waals surface area contributed by atoms with Crippen LogP contribution in [-0.4, -0.2) is 55.3 Å². The van der Waals surface area contributed by atoms with E-state index in [0.717, 1.165) is 6.42 Å². The molecule has 1 aliphatic heterocycles. The molecule has 8 nitrogen and oxygen atoms in total. The van der Waals surface area contributed by atoms with E-state index in [-0.39, 0.29) is 18.4 Å². The summed E-state index contributed by atoms with van der Waals surface area (Å²) in [6.45, 7) is 3.01. The lowest BCUT2D eigenvalue weighted by molar-refractivity contribution is -0.136. The third kappa shape index (κ3) is 2.94. The number of rotatable bonds is 3. The van der Waals surface area contributed by atoms with Crippen LogP contribution < -0.4 is 0 Å². The van der Waals surface area contributed by atoms with Crippen LogP contribution in [0.3, 0.4) is 0 Å². The molecule has 3 rings (SSSR count). The fourth-order valence-corrected chi connectivity index (χ4v) is 2.31. The molecule has 112 valence electrons. The fraction of sp³-hybridized carbons (Fsp3) is 0.538. The maximum atomic E-state index is 12.2. The Bertz CT molecular complexity index is 609. The second kappa shape index (κ2) is 5.65. The van der Waals surface area contributed by atoms with Crippen molar-refractivity contribution in [1.82, 2.24) is 25.1 Å². The van der Waals surface area contributed by atoms with Crippen molar-refractivity contribution in [2.24, 2.45) is 5.92 Å². The molecule has 0 bridgehead atoms. The van der Waals surface area contributed by atoms with Crippen LogP contribution in [-0.2, 0) is 11.3 Å². The minimum atomic E-state index is -0.468. The number of carbonyl (C=O) groups excluding carboxylic acids is 1. The Labute approximate surface area is 121 Å². The average Bonchev–Trinajstić information content (AvgIpc) is 3.12. The number of likely N-dealkylation sites (tertiary alicyclic amines) is 1. The highest BCUT2D eigenvalue weighted by atomic mass is 16.3. The number of carbonyl (C=O) groups is 1. The van der Waals surface area contributed by atoms with Gasteiger partial charge in [-0.15, -0.1) is 10.2 Å². The zero-order chi connectivity index (χ0) is 14.8. The van der Waals surface area contributed by atoms with E-state index < -0.39 is 6.10 Å². The topological polar surface area (TPSA) is 97.3 Å². The van der Waals surface area contributed by atoms with Crippen molar-refractivity contribution in [2.75, 3.05) is 13.1 Å². The molecule has 2 atom stereocenters. The van der Waals surface area contributed by atoms with Gasteiger partial charge in [-0.2, -0.15) is 4.80 Å². The first-order valence-electron chi connectivity index (χ1n) is 6.91. The predicted octanol–water partition coefficient (Wildman–Crippen LogP) is 0.162. The van der Waals surface area contributed by atoms with Crippen LogP contribution >= 0.6 is 0 Å². The third-order valence-electron chi connectivity index (χ3n) is 3.74. The second-order valence-corrected chi connectivity index (χ2v) is 5.29. The summed E-state index contributed by atoms with van der Waals surface area (Å²) in [5.41, 5.74) is 0. The number of β-amino-alcohol motifs (C(OH)–C–C–N with tert-alkyl or cyclic N) is 1. The van der Waals surface area contributed by atoms with E-state index in [1.54, 1.807) is 17.0 Å². The van der Waals surface area contributed by atoms with Gasteiger partial charge in [0.15, 0.2) is 5.76 Å². The normalized spacial score (nSPS) is 22.5. The lowest BCUT2D eigenvalue weighted by Crippen LogP contribution is -2.47. The van der Waals surface area contributed by atoms with Gasteiger partial charge in [-0.3, -0.25) is 4.79 Å². The minimum Gasteiger partial charge on any atom is -0.461 e. The Morgan fingerprint density at radius 1 is 1.57 bits per heavy atom. The highest BCUT2D eigenvalue weighted by Crippen LogP contribution is 2.17. The zero-order valence-electron chi connectivity index (χ0n) is 11.7. The first kappa shape index (κ1) is 13.7. The number of piperidine rings is 1. The molecule has 0 saturated carbocycles. The Hall–Kier alpha value is -2.22. The summed E-state index contributed by atoms with van der Waals surface area (Å²) >= 11 is 0. The van der Waals surface area contributed by atoms with E-state index in [9.17, 15) is 9.90 Å². The van der Waals surface area contributed by atoms with Gasteiger partial charge >= 0.3 is 0 Å². The molecule has 1 amide bonds. The monoisotopic (exact) mass is 291 g/mol. The number of aromatic nitrogens is 4. The molecule has 1 fully saturated rings. The number of nitrogens with zero attached hydrogens (tertiary/aromatic N) is 5. The molecule has 21 heavy (non-hydrogen) atoms. The molecule has 0 aliphatic carbocycles. The quantitative estimate of drug-likeness (QED) is 0.865. The summed E-state index contributed by atoms with van der Waals surface area (Å²) in [5.74, 6) is 0.962. The predicted molar refractivity (Wildman–Crippen MR) is 71.9 cm³/mol. The maximum absolute atomic E-state index is 12.2. The molecule has 1 aliphatic rings. The van der Waals surface area contributed by atoms with Crippen LogP contribution in [0.5, 0.6) is 0 Å². The number of tetrazole rings is 1. The molecule has 0 radical (unpaired) electrons. The van der Waals surface area contributed by atoms with Gasteiger partial charge < -0.3 is 14.4 Å². The van der Waals surface area contributed by atoms with Crippen LogP contribution in [0.1, 0.15) is 13.3 Å². The minimum absolute atomic E-state index is 0.00874. The maximum Gasteiger partial charge on any atom is 0.246 e. The van der Waals surface area contributed by atoms with Crippen molar-refractivity contribution < 1.29 is 14.3 Å². The van der Waals surface area contributed by atoms with E-state index in [0.29, 0.717) is 24.7 Å². The van der Waals surface area contributed by atoms with Gasteiger partial charge in [-0.1, -0.05) is 6.92 Å². The standard InChI is InChI=1S/C13H17N5O3/c1-9-4-5-17(7-10(9)19)12(20)8-18-15-13(14-16-18)11-3-2-6-21-11/h2-3,6,9-10,19H,4-5,7-8H2,1H3. The van der Waals surface area contributed by atoms with Gasteiger partial charge in [0, 0.05) is 13.1 Å². The molecule has 2 aromatic heterocycles. The van der Waals surface area contributed by atoms with Crippen LogP contribution in [0, 0.1) is 5.92 Å². The molecule has 2 aromatic rings. The van der Waals surface area contributed by atoms with E-state index in [1.165, 1.54) is 11.1 Å². The summed E-state index contributed by atoms with van der Waals surface area (Å²) < 4.78 is 5.17. The summed E-state index contributed by atoms with van der Waals surface area (Å²) in [5, 5.41) is 21.6. The Morgan fingerprint density at radius 2 is 2.43 bits per heavy atom. The van der Waals surface area contributed by atoms with Gasteiger partial charge in [-0.05, 0) is 29.7 Å². The average molecular weight is 291 g/mol. The van der Waals surface area contributed by atoms with Crippen molar-refractivity contribution in [2.45, 2.75) is 26.0 Å². The van der Waals surface area contributed by atoms with Crippen LogP contribution in [0.2, 0.25) is 0 Å². The Morgan fingerprint density at radius 3 is 3.14 bits per heavy atom. The molecule has 0 spiro atoms. The van der Waals surface area contributed by atoms with Gasteiger partial charge in [0.2, 0.25) is 11.7 Å². The summed E-state index contributed by atoms with van der Waals surface area (Å²) in [4.78, 5) is 15.1. The molecule has 3 heterocycles. The van der Waals surface area contributed by atoms with Gasteiger partial charge in [0.05, 0.1) is 12.4 Å². The fourth-order valence-electron chi connectivity index (χ4n) is 2.31. The van der Waals surface area contributed by atoms with Crippen LogP contribution in [0.15, 0.2) is 22.8 Å². The third-order valence-corrected chi connectivity index (χ3v) is 3.74. The van der Waals surface area contributed by atoms with E-state index in [2.05, 4.69) is 15.4 Å². The summed E-state index contributed by atoms with van der Waals surface area (Å²) in [7, 11) is 0. The van der Waals surface area contributed by atoms with Crippen molar-refractivity contribution in [3.63, 3.8) is 0 Å². The van der Waals surface area contributed by atoms with Crippen molar-refractivity contribution in [1.29, 1.82) is 0 Å². The number of aliphatic hydroxyl groups is 1. The first-order valence-corrected chi connectivity index (χ1v) is 6.91. The molecule has 2 unspecified atom stereocenters. The number of aliphatic hydroxyl groups excluding tert-OH is 1. The van der Waals surface area contributed by atoms with Crippen molar-refractivity contribution >= 4 is 5.91 Å². The number of furan rings is 1. The first-order chi connectivity index (χ1) is 10.1. The van der Waals surface area contributed by atoms with Gasteiger partial charge in [-0.25, -0.2) is 0 Å². The molecule has 0 aromatic carbocycles. The largest absolute Gasteiger partial charge is 0.461 e. The summed E-state index contributed by atoms with van der Waals surface area (Å²) in [6.07, 6.45) is 1.86. The molecular formula is C13H17N5O3. The van der Waals surface area contributed by atoms with Crippen molar-refractivity contribution in [3.05, 3.63) is 18.4 Å². The molecule has 8 heteroatoms.